The van der Waals surface area contributed by atoms with Crippen LogP contribution in [0.15, 0.2) is 34.9 Å². The van der Waals surface area contributed by atoms with E-state index in [0.29, 0.717) is 12.2 Å². The SMILES string of the molecule is Cc1cccc(N2CCN(CCNC(=O)c3cc(C)no3)CC2)c1. The second-order valence-corrected chi connectivity index (χ2v) is 6.26. The quantitative estimate of drug-likeness (QED) is 0.907. The van der Waals surface area contributed by atoms with E-state index in [4.69, 9.17) is 4.52 Å². The van der Waals surface area contributed by atoms with Gasteiger partial charge in [0.2, 0.25) is 5.76 Å². The van der Waals surface area contributed by atoms with Crippen molar-refractivity contribution < 1.29 is 9.32 Å². The number of carbonyl (C=O) groups is 1. The molecule has 0 radical (unpaired) electrons. The van der Waals surface area contributed by atoms with Gasteiger partial charge >= 0.3 is 0 Å². The maximum atomic E-state index is 11.9. The van der Waals surface area contributed by atoms with Gasteiger partial charge in [0.15, 0.2) is 0 Å². The Bertz CT molecular complexity index is 690. The molecular weight excluding hydrogens is 304 g/mol. The Morgan fingerprint density at radius 1 is 1.21 bits per heavy atom. The van der Waals surface area contributed by atoms with Crippen molar-refractivity contribution in [2.75, 3.05) is 44.2 Å². The Morgan fingerprint density at radius 2 is 2.00 bits per heavy atom. The smallest absolute Gasteiger partial charge is 0.289 e. The summed E-state index contributed by atoms with van der Waals surface area (Å²) in [6.45, 7) is 9.42. The zero-order valence-electron chi connectivity index (χ0n) is 14.3. The molecule has 6 nitrogen and oxygen atoms in total. The van der Waals surface area contributed by atoms with Crippen LogP contribution in [0.25, 0.3) is 0 Å². The molecule has 6 heteroatoms. The first-order chi connectivity index (χ1) is 11.6. The fourth-order valence-corrected chi connectivity index (χ4v) is 2.94. The summed E-state index contributed by atoms with van der Waals surface area (Å²) in [6.07, 6.45) is 0. The summed E-state index contributed by atoms with van der Waals surface area (Å²) < 4.78 is 4.96. The average Bonchev–Trinajstić information content (AvgIpc) is 3.02. The summed E-state index contributed by atoms with van der Waals surface area (Å²) in [5, 5.41) is 6.61. The molecule has 0 aliphatic carbocycles. The Kier molecular flexibility index (Phi) is 5.15. The van der Waals surface area contributed by atoms with E-state index in [2.05, 4.69) is 51.5 Å². The van der Waals surface area contributed by atoms with E-state index >= 15 is 0 Å². The second-order valence-electron chi connectivity index (χ2n) is 6.26. The van der Waals surface area contributed by atoms with Gasteiger partial charge in [-0.3, -0.25) is 9.69 Å². The first-order valence-corrected chi connectivity index (χ1v) is 8.37. The molecule has 1 fully saturated rings. The Hall–Kier alpha value is -2.34. The predicted molar refractivity (Wildman–Crippen MR) is 93.4 cm³/mol. The van der Waals surface area contributed by atoms with Crippen LogP contribution in [0, 0.1) is 13.8 Å². The highest BCUT2D eigenvalue weighted by atomic mass is 16.5. The van der Waals surface area contributed by atoms with E-state index in [1.54, 1.807) is 13.0 Å². The predicted octanol–water partition coefficient (Wildman–Crippen LogP) is 1.84. The van der Waals surface area contributed by atoms with Crippen molar-refractivity contribution in [3.8, 4) is 0 Å². The Balaban J connectivity index is 1.40. The molecule has 1 aliphatic rings. The molecule has 2 heterocycles. The van der Waals surface area contributed by atoms with Gasteiger partial charge in [0.1, 0.15) is 0 Å². The molecule has 1 aromatic heterocycles. The van der Waals surface area contributed by atoms with E-state index in [0.717, 1.165) is 32.7 Å². The molecule has 0 saturated carbocycles. The number of hydrogen-bond donors (Lipinski definition) is 1. The summed E-state index contributed by atoms with van der Waals surface area (Å²) >= 11 is 0. The van der Waals surface area contributed by atoms with E-state index in [9.17, 15) is 4.79 Å². The number of hydrogen-bond acceptors (Lipinski definition) is 5. The Morgan fingerprint density at radius 3 is 2.67 bits per heavy atom. The van der Waals surface area contributed by atoms with Gasteiger partial charge in [0, 0.05) is 51.0 Å². The van der Waals surface area contributed by atoms with Gasteiger partial charge in [-0.1, -0.05) is 17.3 Å². The highest BCUT2D eigenvalue weighted by molar-refractivity contribution is 5.91. The van der Waals surface area contributed by atoms with Crippen molar-refractivity contribution in [1.82, 2.24) is 15.4 Å². The lowest BCUT2D eigenvalue weighted by molar-refractivity contribution is 0.0911. The lowest BCUT2D eigenvalue weighted by Gasteiger charge is -2.36. The molecule has 0 atom stereocenters. The molecule has 0 unspecified atom stereocenters. The minimum absolute atomic E-state index is 0.200. The van der Waals surface area contributed by atoms with Gasteiger partial charge in [-0.05, 0) is 31.5 Å². The summed E-state index contributed by atoms with van der Waals surface area (Å²) in [5.41, 5.74) is 3.30. The molecule has 3 rings (SSSR count). The Labute approximate surface area is 142 Å². The minimum Gasteiger partial charge on any atom is -0.369 e. The topological polar surface area (TPSA) is 61.6 Å². The number of anilines is 1. The fraction of sp³-hybridized carbons (Fsp3) is 0.444. The van der Waals surface area contributed by atoms with Crippen LogP contribution in [0.1, 0.15) is 21.8 Å². The number of amides is 1. The molecule has 1 aliphatic heterocycles. The first-order valence-electron chi connectivity index (χ1n) is 8.37. The average molecular weight is 328 g/mol. The molecule has 0 spiro atoms. The molecule has 24 heavy (non-hydrogen) atoms. The summed E-state index contributed by atoms with van der Waals surface area (Å²) in [4.78, 5) is 16.7. The molecule has 1 aromatic carbocycles. The standard InChI is InChI=1S/C18H24N4O2/c1-14-4-3-5-16(12-14)22-10-8-21(9-11-22)7-6-19-18(23)17-13-15(2)20-24-17/h3-5,12-13H,6-11H2,1-2H3,(H,19,23). The maximum Gasteiger partial charge on any atom is 0.289 e. The van der Waals surface area contributed by atoms with E-state index in [-0.39, 0.29) is 11.7 Å². The highest BCUT2D eigenvalue weighted by Crippen LogP contribution is 2.17. The number of aromatic nitrogens is 1. The van der Waals surface area contributed by atoms with Gasteiger partial charge in [0.25, 0.3) is 5.91 Å². The van der Waals surface area contributed by atoms with Gasteiger partial charge in [-0.2, -0.15) is 0 Å². The van der Waals surface area contributed by atoms with Crippen molar-refractivity contribution in [3.05, 3.63) is 47.3 Å². The zero-order chi connectivity index (χ0) is 16.9. The fourth-order valence-electron chi connectivity index (χ4n) is 2.94. The number of piperazine rings is 1. The molecule has 128 valence electrons. The van der Waals surface area contributed by atoms with E-state index in [1.807, 2.05) is 0 Å². The minimum atomic E-state index is -0.200. The number of benzene rings is 1. The van der Waals surface area contributed by atoms with Crippen LogP contribution in [0.5, 0.6) is 0 Å². The summed E-state index contributed by atoms with van der Waals surface area (Å²) in [6, 6.07) is 10.3. The molecule has 0 bridgehead atoms. The normalized spacial score (nSPS) is 15.5. The van der Waals surface area contributed by atoms with Gasteiger partial charge < -0.3 is 14.7 Å². The molecule has 1 N–H and O–H groups in total. The van der Waals surface area contributed by atoms with Gasteiger partial charge in [0.05, 0.1) is 5.69 Å². The molecule has 1 amide bonds. The van der Waals surface area contributed by atoms with Crippen LogP contribution in [-0.4, -0.2) is 55.2 Å². The van der Waals surface area contributed by atoms with Crippen LogP contribution in [-0.2, 0) is 0 Å². The number of aryl methyl sites for hydroxylation is 2. The third kappa shape index (κ3) is 4.14. The van der Waals surface area contributed by atoms with Gasteiger partial charge in [-0.15, -0.1) is 0 Å². The van der Waals surface area contributed by atoms with Crippen LogP contribution >= 0.6 is 0 Å². The van der Waals surface area contributed by atoms with Crippen LogP contribution < -0.4 is 10.2 Å². The van der Waals surface area contributed by atoms with E-state index in [1.165, 1.54) is 11.3 Å². The van der Waals surface area contributed by atoms with Gasteiger partial charge in [-0.25, -0.2) is 0 Å². The van der Waals surface area contributed by atoms with Crippen molar-refractivity contribution in [1.29, 1.82) is 0 Å². The molecule has 1 saturated heterocycles. The first kappa shape index (κ1) is 16.5. The highest BCUT2D eigenvalue weighted by Gasteiger charge is 2.17. The van der Waals surface area contributed by atoms with Crippen molar-refractivity contribution in [2.24, 2.45) is 0 Å². The van der Waals surface area contributed by atoms with Crippen molar-refractivity contribution >= 4 is 11.6 Å². The lowest BCUT2D eigenvalue weighted by atomic mass is 10.2. The third-order valence-corrected chi connectivity index (χ3v) is 4.30. The van der Waals surface area contributed by atoms with Crippen LogP contribution in [0.2, 0.25) is 0 Å². The molecular formula is C18H24N4O2. The third-order valence-electron chi connectivity index (χ3n) is 4.30. The lowest BCUT2D eigenvalue weighted by Crippen LogP contribution is -2.48. The van der Waals surface area contributed by atoms with E-state index < -0.39 is 0 Å². The van der Waals surface area contributed by atoms with Crippen molar-refractivity contribution in [3.63, 3.8) is 0 Å². The second kappa shape index (κ2) is 7.49. The van der Waals surface area contributed by atoms with Crippen molar-refractivity contribution in [2.45, 2.75) is 13.8 Å². The number of carbonyl (C=O) groups excluding carboxylic acids is 1. The van der Waals surface area contributed by atoms with Crippen LogP contribution in [0.3, 0.4) is 0 Å². The number of nitrogens with zero attached hydrogens (tertiary/aromatic N) is 3. The maximum absolute atomic E-state index is 11.9. The monoisotopic (exact) mass is 328 g/mol. The number of nitrogens with one attached hydrogen (secondary N) is 1. The van der Waals surface area contributed by atoms with Crippen LogP contribution in [0.4, 0.5) is 5.69 Å². The summed E-state index contributed by atoms with van der Waals surface area (Å²) in [7, 11) is 0. The molecule has 2 aromatic rings. The summed E-state index contributed by atoms with van der Waals surface area (Å²) in [5.74, 6) is 0.0748. The number of rotatable bonds is 5. The zero-order valence-corrected chi connectivity index (χ0v) is 14.3. The largest absolute Gasteiger partial charge is 0.369 e.